The van der Waals surface area contributed by atoms with E-state index in [1.54, 1.807) is 11.8 Å². The van der Waals surface area contributed by atoms with Crippen molar-refractivity contribution in [3.63, 3.8) is 0 Å². The zero-order valence-corrected chi connectivity index (χ0v) is 14.2. The molecule has 1 aromatic carbocycles. The van der Waals surface area contributed by atoms with Gasteiger partial charge in [-0.1, -0.05) is 32.8 Å². The van der Waals surface area contributed by atoms with E-state index in [9.17, 15) is 5.26 Å². The van der Waals surface area contributed by atoms with Crippen LogP contribution in [0.3, 0.4) is 0 Å². The first-order valence-electron chi connectivity index (χ1n) is 8.01. The lowest BCUT2D eigenvalue weighted by Gasteiger charge is -2.33. The Hall–Kier alpha value is -1.14. The molecular weight excluding hydrogens is 276 g/mol. The van der Waals surface area contributed by atoms with Crippen molar-refractivity contribution in [2.45, 2.75) is 56.9 Å². The van der Waals surface area contributed by atoms with E-state index < -0.39 is 0 Å². The van der Waals surface area contributed by atoms with Crippen molar-refractivity contribution in [1.82, 2.24) is 0 Å². The highest BCUT2D eigenvalue weighted by atomic mass is 32.2. The Balaban J connectivity index is 2.33. The van der Waals surface area contributed by atoms with Crippen molar-refractivity contribution in [3.8, 4) is 6.07 Å². The molecule has 2 rings (SSSR count). The average molecular weight is 302 g/mol. The van der Waals surface area contributed by atoms with Gasteiger partial charge in [0, 0.05) is 17.5 Å². The molecule has 0 amide bonds. The number of rotatable bonds is 6. The fourth-order valence-electron chi connectivity index (χ4n) is 3.15. The SMILES string of the molecule is CSc1cccc(N(CCC(C)C)C2CCCC2)c1C#N. The lowest BCUT2D eigenvalue weighted by atomic mass is 10.1. The number of hydrogen-bond acceptors (Lipinski definition) is 3. The Morgan fingerprint density at radius 1 is 1.33 bits per heavy atom. The number of hydrogen-bond donors (Lipinski definition) is 0. The molecular formula is C18H26N2S. The van der Waals surface area contributed by atoms with Gasteiger partial charge in [-0.25, -0.2) is 0 Å². The first kappa shape index (κ1) is 16.2. The first-order valence-corrected chi connectivity index (χ1v) is 9.23. The molecule has 0 aliphatic heterocycles. The molecule has 0 N–H and O–H groups in total. The normalized spacial score (nSPS) is 15.4. The third-order valence-electron chi connectivity index (χ3n) is 4.36. The predicted molar refractivity (Wildman–Crippen MR) is 92.0 cm³/mol. The monoisotopic (exact) mass is 302 g/mol. The maximum absolute atomic E-state index is 9.61. The molecule has 0 atom stereocenters. The largest absolute Gasteiger partial charge is 0.367 e. The molecule has 0 saturated heterocycles. The van der Waals surface area contributed by atoms with Gasteiger partial charge in [0.15, 0.2) is 0 Å². The van der Waals surface area contributed by atoms with Crippen LogP contribution in [0.4, 0.5) is 5.69 Å². The number of thioether (sulfide) groups is 1. The third-order valence-corrected chi connectivity index (χ3v) is 5.14. The summed E-state index contributed by atoms with van der Waals surface area (Å²) >= 11 is 1.67. The summed E-state index contributed by atoms with van der Waals surface area (Å²) in [6, 6.07) is 9.35. The molecule has 0 aromatic heterocycles. The first-order chi connectivity index (χ1) is 10.2. The maximum atomic E-state index is 9.61. The van der Waals surface area contributed by atoms with E-state index in [0.29, 0.717) is 12.0 Å². The van der Waals surface area contributed by atoms with Crippen molar-refractivity contribution in [2.24, 2.45) is 5.92 Å². The number of benzene rings is 1. The fraction of sp³-hybridized carbons (Fsp3) is 0.611. The predicted octanol–water partition coefficient (Wildman–Crippen LogP) is 5.08. The second-order valence-electron chi connectivity index (χ2n) is 6.28. The highest BCUT2D eigenvalue weighted by molar-refractivity contribution is 7.98. The Morgan fingerprint density at radius 2 is 2.05 bits per heavy atom. The van der Waals surface area contributed by atoms with Crippen molar-refractivity contribution in [2.75, 3.05) is 17.7 Å². The summed E-state index contributed by atoms with van der Waals surface area (Å²) in [4.78, 5) is 3.62. The van der Waals surface area contributed by atoms with Gasteiger partial charge in [0.2, 0.25) is 0 Å². The van der Waals surface area contributed by atoms with Crippen LogP contribution in [0.5, 0.6) is 0 Å². The lowest BCUT2D eigenvalue weighted by Crippen LogP contribution is -2.35. The van der Waals surface area contributed by atoms with Gasteiger partial charge in [-0.3, -0.25) is 0 Å². The summed E-state index contributed by atoms with van der Waals surface area (Å²) in [7, 11) is 0. The van der Waals surface area contributed by atoms with Gasteiger partial charge in [0.25, 0.3) is 0 Å². The molecule has 114 valence electrons. The van der Waals surface area contributed by atoms with Crippen molar-refractivity contribution in [3.05, 3.63) is 23.8 Å². The van der Waals surface area contributed by atoms with Crippen LogP contribution >= 0.6 is 11.8 Å². The summed E-state index contributed by atoms with van der Waals surface area (Å²) in [5, 5.41) is 9.61. The summed E-state index contributed by atoms with van der Waals surface area (Å²) in [5.41, 5.74) is 2.01. The Morgan fingerprint density at radius 3 is 2.62 bits per heavy atom. The van der Waals surface area contributed by atoms with Gasteiger partial charge in [0.05, 0.1) is 11.3 Å². The zero-order valence-electron chi connectivity index (χ0n) is 13.4. The van der Waals surface area contributed by atoms with Gasteiger partial charge in [0.1, 0.15) is 6.07 Å². The molecule has 0 radical (unpaired) electrons. The van der Waals surface area contributed by atoms with E-state index in [-0.39, 0.29) is 0 Å². The molecule has 1 aromatic rings. The van der Waals surface area contributed by atoms with Gasteiger partial charge >= 0.3 is 0 Å². The molecule has 1 aliphatic carbocycles. The third kappa shape index (κ3) is 3.95. The van der Waals surface area contributed by atoms with E-state index >= 15 is 0 Å². The lowest BCUT2D eigenvalue weighted by molar-refractivity contribution is 0.528. The molecule has 0 unspecified atom stereocenters. The molecule has 1 aliphatic rings. The second-order valence-corrected chi connectivity index (χ2v) is 7.13. The molecule has 1 fully saturated rings. The van der Waals surface area contributed by atoms with Gasteiger partial charge in [-0.2, -0.15) is 5.26 Å². The van der Waals surface area contributed by atoms with E-state index in [4.69, 9.17) is 0 Å². The van der Waals surface area contributed by atoms with Crippen molar-refractivity contribution in [1.29, 1.82) is 5.26 Å². The molecule has 3 heteroatoms. The highest BCUT2D eigenvalue weighted by Gasteiger charge is 2.25. The van der Waals surface area contributed by atoms with E-state index in [1.165, 1.54) is 32.1 Å². The Bertz CT molecular complexity index is 498. The highest BCUT2D eigenvalue weighted by Crippen LogP contribution is 2.34. The zero-order chi connectivity index (χ0) is 15.2. The number of nitriles is 1. The standard InChI is InChI=1S/C18H26N2S/c1-14(2)11-12-20(15-7-4-5-8-15)17-9-6-10-18(21-3)16(17)13-19/h6,9-10,14-15H,4-5,7-8,11-12H2,1-3H3. The van der Waals surface area contributed by atoms with E-state index in [0.717, 1.165) is 22.7 Å². The van der Waals surface area contributed by atoms with Crippen molar-refractivity contribution >= 4 is 17.4 Å². The molecule has 0 spiro atoms. The van der Waals surface area contributed by atoms with Crippen LogP contribution in [0.2, 0.25) is 0 Å². The van der Waals surface area contributed by atoms with Crippen LogP contribution in [-0.4, -0.2) is 18.8 Å². The molecule has 2 nitrogen and oxygen atoms in total. The number of nitrogens with zero attached hydrogens (tertiary/aromatic N) is 2. The Labute approximate surface area is 133 Å². The minimum atomic E-state index is 0.618. The van der Waals surface area contributed by atoms with Crippen LogP contribution in [-0.2, 0) is 0 Å². The van der Waals surface area contributed by atoms with Gasteiger partial charge in [-0.15, -0.1) is 11.8 Å². The molecule has 21 heavy (non-hydrogen) atoms. The summed E-state index contributed by atoms with van der Waals surface area (Å²) < 4.78 is 0. The fourth-order valence-corrected chi connectivity index (χ4v) is 3.72. The summed E-state index contributed by atoms with van der Waals surface area (Å²) in [6.45, 7) is 5.61. The van der Waals surface area contributed by atoms with Crippen LogP contribution in [0.1, 0.15) is 51.5 Å². The smallest absolute Gasteiger partial charge is 0.103 e. The van der Waals surface area contributed by atoms with Crippen LogP contribution in [0.15, 0.2) is 23.1 Å². The average Bonchev–Trinajstić information content (AvgIpc) is 3.00. The number of anilines is 1. The quantitative estimate of drug-likeness (QED) is 0.686. The van der Waals surface area contributed by atoms with Crippen molar-refractivity contribution < 1.29 is 0 Å². The Kier molecular flexibility index (Phi) is 5.99. The molecule has 0 heterocycles. The topological polar surface area (TPSA) is 27.0 Å². The van der Waals surface area contributed by atoms with Gasteiger partial charge in [-0.05, 0) is 43.6 Å². The van der Waals surface area contributed by atoms with Crippen LogP contribution < -0.4 is 4.90 Å². The molecule has 1 saturated carbocycles. The maximum Gasteiger partial charge on any atom is 0.103 e. The van der Waals surface area contributed by atoms with E-state index in [2.05, 4.69) is 43.0 Å². The van der Waals surface area contributed by atoms with Crippen LogP contribution in [0.25, 0.3) is 0 Å². The minimum Gasteiger partial charge on any atom is -0.367 e. The van der Waals surface area contributed by atoms with E-state index in [1.807, 2.05) is 6.26 Å². The van der Waals surface area contributed by atoms with Crippen LogP contribution in [0, 0.1) is 17.2 Å². The minimum absolute atomic E-state index is 0.618. The van der Waals surface area contributed by atoms with Gasteiger partial charge < -0.3 is 4.90 Å². The second kappa shape index (κ2) is 7.75. The summed E-state index contributed by atoms with van der Waals surface area (Å²) in [5.74, 6) is 0.697. The molecule has 0 bridgehead atoms. The summed E-state index contributed by atoms with van der Waals surface area (Å²) in [6.07, 6.45) is 8.43.